The molecule has 2 saturated carbocycles. The van der Waals surface area contributed by atoms with Crippen molar-refractivity contribution >= 4 is 40.0 Å². The van der Waals surface area contributed by atoms with E-state index in [1.807, 2.05) is 18.3 Å². The highest BCUT2D eigenvalue weighted by Crippen LogP contribution is 2.37. The number of nitrogens with two attached hydrogens (primary N) is 1. The molecule has 2 aromatic heterocycles. The summed E-state index contributed by atoms with van der Waals surface area (Å²) in [5, 5.41) is 5.71. The van der Waals surface area contributed by atoms with E-state index in [0.29, 0.717) is 29.7 Å². The minimum absolute atomic E-state index is 0.168. The number of anilines is 2. The maximum atomic E-state index is 13.7. The molecule has 0 spiro atoms. The second-order valence-electron chi connectivity index (χ2n) is 14.6. The van der Waals surface area contributed by atoms with Gasteiger partial charge in [0.05, 0.1) is 30.1 Å². The van der Waals surface area contributed by atoms with E-state index in [-0.39, 0.29) is 35.5 Å². The van der Waals surface area contributed by atoms with Crippen LogP contribution in [0.2, 0.25) is 0 Å². The zero-order valence-electron chi connectivity index (χ0n) is 29.1. The molecule has 2 N–H and O–H groups in total. The summed E-state index contributed by atoms with van der Waals surface area (Å²) in [7, 11) is 1.53. The van der Waals surface area contributed by atoms with Crippen molar-refractivity contribution in [2.45, 2.75) is 69.4 Å². The number of methoxy groups -OCH3 is 1. The topological polar surface area (TPSA) is 136 Å². The quantitative estimate of drug-likeness (QED) is 0.251. The standard InChI is InChI=1S/C39H45N7O5/c1-51-35-22-33-27(21-32(35)37(40)48)24-45(41-33)30-8-4-25(5-9-30)23-42-17-19-43(20-18-42)28-10-6-26(7-11-28)31-14-15-36(47)46(38(31)49)34-3-2-16-44(39(34)50)29-12-13-29/h2-3,6-7,10-11,16,21-22,24-25,29-31H,4-5,8-9,12-15,17-20,23H2,1H3,(H2,40,48). The Balaban J connectivity index is 0.837. The first-order valence-corrected chi connectivity index (χ1v) is 18.3. The molecular formula is C39H45N7O5. The molecule has 12 heteroatoms. The van der Waals surface area contributed by atoms with Crippen molar-refractivity contribution in [1.82, 2.24) is 19.2 Å². The molecule has 1 unspecified atom stereocenters. The van der Waals surface area contributed by atoms with Gasteiger partial charge in [0.1, 0.15) is 11.4 Å². The maximum Gasteiger partial charge on any atom is 0.275 e. The number of nitrogens with zero attached hydrogens (tertiary/aromatic N) is 6. The largest absolute Gasteiger partial charge is 0.496 e. The van der Waals surface area contributed by atoms with E-state index in [1.165, 1.54) is 7.11 Å². The summed E-state index contributed by atoms with van der Waals surface area (Å²) in [6.45, 7) is 4.99. The minimum Gasteiger partial charge on any atom is -0.496 e. The molecule has 2 saturated heterocycles. The number of imide groups is 1. The van der Waals surface area contributed by atoms with Crippen LogP contribution in [0.3, 0.4) is 0 Å². The van der Waals surface area contributed by atoms with E-state index in [4.69, 9.17) is 15.6 Å². The molecule has 4 aliphatic rings. The Hall–Kier alpha value is -4.97. The number of fused-ring (bicyclic) bond motifs is 1. The number of aromatic nitrogens is 3. The molecule has 1 atom stereocenters. The number of carbonyl (C=O) groups is 3. The molecule has 4 heterocycles. The minimum atomic E-state index is -0.508. The van der Waals surface area contributed by atoms with Crippen molar-refractivity contribution in [1.29, 1.82) is 0 Å². The SMILES string of the molecule is COc1cc2nn(C3CCC(CN4CCN(c5ccc(C6CCC(=O)N(c7cccn(C8CC8)c7=O)C6=O)cc5)CC4)CC3)cc2cc1C(N)=O. The number of rotatable bonds is 9. The summed E-state index contributed by atoms with van der Waals surface area (Å²) in [6.07, 6.45) is 10.8. The van der Waals surface area contributed by atoms with Crippen LogP contribution < -0.4 is 25.8 Å². The average Bonchev–Trinajstić information content (AvgIpc) is 3.90. The third-order valence-electron chi connectivity index (χ3n) is 11.4. The van der Waals surface area contributed by atoms with Gasteiger partial charge in [0.2, 0.25) is 11.8 Å². The Kier molecular flexibility index (Phi) is 8.87. The molecule has 266 valence electrons. The number of hydrogen-bond donors (Lipinski definition) is 1. The second-order valence-corrected chi connectivity index (χ2v) is 14.6. The lowest BCUT2D eigenvalue weighted by Crippen LogP contribution is -2.48. The number of piperazine rings is 1. The van der Waals surface area contributed by atoms with Gasteiger partial charge in [-0.25, -0.2) is 4.90 Å². The van der Waals surface area contributed by atoms with Gasteiger partial charge in [-0.3, -0.25) is 28.8 Å². The smallest absolute Gasteiger partial charge is 0.275 e. The van der Waals surface area contributed by atoms with Gasteiger partial charge in [-0.1, -0.05) is 12.1 Å². The van der Waals surface area contributed by atoms with E-state index in [9.17, 15) is 19.2 Å². The predicted molar refractivity (Wildman–Crippen MR) is 194 cm³/mol. The molecule has 3 amide bonds. The van der Waals surface area contributed by atoms with Gasteiger partial charge >= 0.3 is 0 Å². The van der Waals surface area contributed by atoms with Crippen molar-refractivity contribution in [3.63, 3.8) is 0 Å². The van der Waals surface area contributed by atoms with Crippen molar-refractivity contribution in [3.05, 3.63) is 82.4 Å². The Morgan fingerprint density at radius 2 is 1.63 bits per heavy atom. The number of piperidine rings is 1. The molecule has 0 radical (unpaired) electrons. The average molecular weight is 692 g/mol. The van der Waals surface area contributed by atoms with E-state index in [2.05, 4.69) is 26.6 Å². The lowest BCUT2D eigenvalue weighted by Gasteiger charge is -2.39. The summed E-state index contributed by atoms with van der Waals surface area (Å²) in [6, 6.07) is 15.6. The van der Waals surface area contributed by atoms with Crippen molar-refractivity contribution < 1.29 is 19.1 Å². The third-order valence-corrected chi connectivity index (χ3v) is 11.4. The van der Waals surface area contributed by atoms with Crippen LogP contribution >= 0.6 is 0 Å². The summed E-state index contributed by atoms with van der Waals surface area (Å²) >= 11 is 0. The summed E-state index contributed by atoms with van der Waals surface area (Å²) in [4.78, 5) is 57.7. The molecule has 2 aromatic carbocycles. The molecule has 2 aliphatic heterocycles. The monoisotopic (exact) mass is 691 g/mol. The zero-order chi connectivity index (χ0) is 35.2. The summed E-state index contributed by atoms with van der Waals surface area (Å²) < 4.78 is 9.08. The van der Waals surface area contributed by atoms with Gasteiger partial charge in [-0.15, -0.1) is 0 Å². The normalized spacial score (nSPS) is 23.2. The second kappa shape index (κ2) is 13.6. The number of hydrogen-bond acceptors (Lipinski definition) is 8. The van der Waals surface area contributed by atoms with Crippen LogP contribution in [-0.2, 0) is 9.59 Å². The van der Waals surface area contributed by atoms with Gasteiger partial charge in [0.25, 0.3) is 11.5 Å². The fourth-order valence-electron chi connectivity index (χ4n) is 8.34. The lowest BCUT2D eigenvalue weighted by atomic mass is 9.85. The van der Waals surface area contributed by atoms with E-state index in [0.717, 1.165) is 98.3 Å². The molecule has 51 heavy (non-hydrogen) atoms. The zero-order valence-corrected chi connectivity index (χ0v) is 29.1. The maximum absolute atomic E-state index is 13.7. The Labute approximate surface area is 296 Å². The Morgan fingerprint density at radius 3 is 2.31 bits per heavy atom. The molecule has 12 nitrogen and oxygen atoms in total. The molecule has 0 bridgehead atoms. The number of primary amides is 1. The van der Waals surface area contributed by atoms with Crippen LogP contribution in [0.5, 0.6) is 5.75 Å². The van der Waals surface area contributed by atoms with Gasteiger partial charge in [-0.2, -0.15) is 5.10 Å². The van der Waals surface area contributed by atoms with Crippen LogP contribution in [0.1, 0.15) is 85.3 Å². The highest BCUT2D eigenvalue weighted by Gasteiger charge is 2.38. The Bertz CT molecular complexity index is 2020. The summed E-state index contributed by atoms with van der Waals surface area (Å²) in [5.74, 6) is -0.475. The first kappa shape index (κ1) is 33.2. The molecular weight excluding hydrogens is 646 g/mol. The van der Waals surface area contributed by atoms with Crippen molar-refractivity contribution in [3.8, 4) is 5.75 Å². The highest BCUT2D eigenvalue weighted by atomic mass is 16.5. The highest BCUT2D eigenvalue weighted by molar-refractivity contribution is 6.18. The first-order chi connectivity index (χ1) is 24.8. The lowest BCUT2D eigenvalue weighted by molar-refractivity contribution is -0.130. The predicted octanol–water partition coefficient (Wildman–Crippen LogP) is 4.63. The first-order valence-electron chi connectivity index (χ1n) is 18.3. The van der Waals surface area contributed by atoms with Crippen LogP contribution in [-0.4, -0.2) is 76.8 Å². The number of carbonyl (C=O) groups excluding carboxylic acids is 3. The third kappa shape index (κ3) is 6.53. The van der Waals surface area contributed by atoms with Crippen LogP contribution in [0.25, 0.3) is 10.9 Å². The van der Waals surface area contributed by atoms with Crippen LogP contribution in [0.15, 0.2) is 65.7 Å². The van der Waals surface area contributed by atoms with Crippen LogP contribution in [0.4, 0.5) is 11.4 Å². The Morgan fingerprint density at radius 1 is 0.902 bits per heavy atom. The fourth-order valence-corrected chi connectivity index (χ4v) is 8.34. The van der Waals surface area contributed by atoms with Crippen molar-refractivity contribution in [2.24, 2.45) is 11.7 Å². The van der Waals surface area contributed by atoms with Gasteiger partial charge in [0.15, 0.2) is 0 Å². The molecule has 2 aliphatic carbocycles. The molecule has 8 rings (SSSR count). The van der Waals surface area contributed by atoms with E-state index < -0.39 is 11.8 Å². The fraction of sp³-hybridized carbons (Fsp3) is 0.462. The number of amides is 3. The number of benzene rings is 2. The number of pyridine rings is 1. The summed E-state index contributed by atoms with van der Waals surface area (Å²) in [5.41, 5.74) is 8.65. The van der Waals surface area contributed by atoms with Crippen molar-refractivity contribution in [2.75, 3.05) is 49.6 Å². The molecule has 4 fully saturated rings. The van der Waals surface area contributed by atoms with Gasteiger partial charge < -0.3 is 19.9 Å². The van der Waals surface area contributed by atoms with E-state index >= 15 is 0 Å². The van der Waals surface area contributed by atoms with Crippen LogP contribution in [0, 0.1) is 5.92 Å². The number of ether oxygens (including phenoxy) is 1. The van der Waals surface area contributed by atoms with Gasteiger partial charge in [-0.05, 0) is 86.8 Å². The molecule has 4 aromatic rings. The van der Waals surface area contributed by atoms with Gasteiger partial charge in [0, 0.05) is 74.7 Å². The van der Waals surface area contributed by atoms with E-state index in [1.54, 1.807) is 35.0 Å².